The van der Waals surface area contributed by atoms with Gasteiger partial charge < -0.3 is 19.2 Å². The van der Waals surface area contributed by atoms with Crippen molar-refractivity contribution >= 4 is 0 Å². The Morgan fingerprint density at radius 1 is 1.24 bits per heavy atom. The van der Waals surface area contributed by atoms with E-state index < -0.39 is 6.10 Å². The molecule has 9 nitrogen and oxygen atoms in total. The van der Waals surface area contributed by atoms with Crippen LogP contribution in [0.5, 0.6) is 0 Å². The highest BCUT2D eigenvalue weighted by atomic mass is 16.5. The van der Waals surface area contributed by atoms with Crippen molar-refractivity contribution in [1.82, 2.24) is 25.0 Å². The lowest BCUT2D eigenvalue weighted by Gasteiger charge is -2.19. The van der Waals surface area contributed by atoms with Gasteiger partial charge in [0.2, 0.25) is 11.7 Å². The summed E-state index contributed by atoms with van der Waals surface area (Å²) in [6.45, 7) is 0.810. The molecular formula is C16H17N5O4. The number of likely N-dealkylation sites (tertiary alicyclic amines) is 1. The number of hydrogen-bond acceptors (Lipinski definition) is 9. The van der Waals surface area contributed by atoms with Crippen LogP contribution in [-0.4, -0.2) is 47.9 Å². The number of aliphatic hydroxyl groups is 2. The average molecular weight is 343 g/mol. The number of rotatable bonds is 5. The van der Waals surface area contributed by atoms with Crippen molar-refractivity contribution in [3.63, 3.8) is 0 Å². The van der Waals surface area contributed by atoms with Crippen molar-refractivity contribution in [3.05, 3.63) is 48.1 Å². The number of hydrogen-bond donors (Lipinski definition) is 2. The van der Waals surface area contributed by atoms with Crippen LogP contribution in [0.15, 0.2) is 39.7 Å². The molecule has 4 heterocycles. The summed E-state index contributed by atoms with van der Waals surface area (Å²) in [5, 5.41) is 23.1. The first-order valence-electron chi connectivity index (χ1n) is 7.93. The number of β-amino-alcohol motifs (C(OH)–C–C–N with tert-alkyl or cyclic N) is 1. The Morgan fingerprint density at radius 2 is 2.12 bits per heavy atom. The van der Waals surface area contributed by atoms with Crippen molar-refractivity contribution in [2.24, 2.45) is 0 Å². The van der Waals surface area contributed by atoms with Crippen LogP contribution < -0.4 is 0 Å². The maximum absolute atomic E-state index is 10.1. The van der Waals surface area contributed by atoms with E-state index in [2.05, 4.69) is 20.1 Å². The lowest BCUT2D eigenvalue weighted by atomic mass is 10.2. The zero-order chi connectivity index (χ0) is 17.2. The first-order chi connectivity index (χ1) is 12.2. The van der Waals surface area contributed by atoms with Gasteiger partial charge in [0.25, 0.3) is 0 Å². The van der Waals surface area contributed by atoms with E-state index in [1.54, 1.807) is 24.7 Å². The van der Waals surface area contributed by atoms with Crippen LogP contribution >= 0.6 is 0 Å². The number of aromatic nitrogens is 4. The second-order valence-electron chi connectivity index (χ2n) is 5.91. The molecule has 0 bridgehead atoms. The summed E-state index contributed by atoms with van der Waals surface area (Å²) in [5.74, 6) is 2.00. The Kier molecular flexibility index (Phi) is 4.26. The lowest BCUT2D eigenvalue weighted by Crippen LogP contribution is -2.24. The van der Waals surface area contributed by atoms with Crippen LogP contribution in [0.2, 0.25) is 0 Å². The second kappa shape index (κ2) is 6.71. The maximum Gasteiger partial charge on any atom is 0.244 e. The van der Waals surface area contributed by atoms with Gasteiger partial charge in [-0.05, 0) is 18.6 Å². The highest BCUT2D eigenvalue weighted by Crippen LogP contribution is 2.33. The minimum Gasteiger partial charge on any atom is -0.462 e. The fourth-order valence-corrected chi connectivity index (χ4v) is 2.99. The molecule has 2 atom stereocenters. The molecule has 0 aromatic carbocycles. The van der Waals surface area contributed by atoms with E-state index in [1.807, 2.05) is 11.0 Å². The first-order valence-corrected chi connectivity index (χ1v) is 7.93. The van der Waals surface area contributed by atoms with E-state index in [4.69, 9.17) is 14.0 Å². The van der Waals surface area contributed by atoms with Crippen LogP contribution in [0.25, 0.3) is 11.5 Å². The zero-order valence-electron chi connectivity index (χ0n) is 13.3. The van der Waals surface area contributed by atoms with Gasteiger partial charge in [-0.1, -0.05) is 5.16 Å². The Hall–Kier alpha value is -2.62. The van der Waals surface area contributed by atoms with Crippen LogP contribution in [-0.2, 0) is 13.2 Å². The predicted octanol–water partition coefficient (Wildman–Crippen LogP) is 0.920. The van der Waals surface area contributed by atoms with Crippen molar-refractivity contribution in [1.29, 1.82) is 0 Å². The van der Waals surface area contributed by atoms with Gasteiger partial charge in [0.1, 0.15) is 23.8 Å². The van der Waals surface area contributed by atoms with Gasteiger partial charge in [-0.3, -0.25) is 9.88 Å². The molecule has 1 aliphatic heterocycles. The topological polar surface area (TPSA) is 122 Å². The van der Waals surface area contributed by atoms with Crippen molar-refractivity contribution in [2.75, 3.05) is 6.54 Å². The van der Waals surface area contributed by atoms with E-state index in [0.717, 1.165) is 0 Å². The van der Waals surface area contributed by atoms with Gasteiger partial charge in [0, 0.05) is 18.9 Å². The molecule has 0 amide bonds. The summed E-state index contributed by atoms with van der Waals surface area (Å²) in [4.78, 5) is 14.6. The standard InChI is InChI=1S/C16H17N5O4/c22-9-12-2-1-11(24-12)8-21-7-10(23)5-14(21)16-19-15(20-25-16)13-6-17-3-4-18-13/h1-4,6,10,14,22-23H,5,7-9H2/t10-,14+/m1/s1. The highest BCUT2D eigenvalue weighted by molar-refractivity contribution is 5.45. The number of aliphatic hydroxyl groups excluding tert-OH is 2. The van der Waals surface area contributed by atoms with Gasteiger partial charge in [-0.15, -0.1) is 0 Å². The summed E-state index contributed by atoms with van der Waals surface area (Å²) >= 11 is 0. The average Bonchev–Trinajstić information content (AvgIpc) is 3.36. The first kappa shape index (κ1) is 15.9. The largest absolute Gasteiger partial charge is 0.462 e. The SMILES string of the molecule is OCc1ccc(CN2C[C@H](O)C[C@H]2c2nc(-c3cnccn3)no2)o1. The third kappa shape index (κ3) is 3.29. The smallest absolute Gasteiger partial charge is 0.244 e. The van der Waals surface area contributed by atoms with Crippen LogP contribution in [0.4, 0.5) is 0 Å². The summed E-state index contributed by atoms with van der Waals surface area (Å²) in [5.41, 5.74) is 0.529. The molecule has 3 aromatic rings. The van der Waals surface area contributed by atoms with Gasteiger partial charge in [0.05, 0.1) is 24.9 Å². The molecule has 1 aliphatic rings. The van der Waals surface area contributed by atoms with Crippen LogP contribution in [0.3, 0.4) is 0 Å². The molecule has 1 saturated heterocycles. The molecule has 2 N–H and O–H groups in total. The third-order valence-corrected chi connectivity index (χ3v) is 4.13. The van der Waals surface area contributed by atoms with E-state index >= 15 is 0 Å². The lowest BCUT2D eigenvalue weighted by molar-refractivity contribution is 0.160. The fourth-order valence-electron chi connectivity index (χ4n) is 2.99. The van der Waals surface area contributed by atoms with Gasteiger partial charge >= 0.3 is 0 Å². The van der Waals surface area contributed by atoms with Crippen molar-refractivity contribution in [3.8, 4) is 11.5 Å². The monoisotopic (exact) mass is 343 g/mol. The molecule has 25 heavy (non-hydrogen) atoms. The fraction of sp³-hybridized carbons (Fsp3) is 0.375. The molecule has 4 rings (SSSR count). The molecular weight excluding hydrogens is 326 g/mol. The molecule has 0 spiro atoms. The van der Waals surface area contributed by atoms with Crippen LogP contribution in [0, 0.1) is 0 Å². The molecule has 130 valence electrons. The highest BCUT2D eigenvalue weighted by Gasteiger charge is 2.36. The molecule has 3 aromatic heterocycles. The zero-order valence-corrected chi connectivity index (χ0v) is 13.3. The third-order valence-electron chi connectivity index (χ3n) is 4.13. The Bertz CT molecular complexity index is 834. The summed E-state index contributed by atoms with van der Waals surface area (Å²) < 4.78 is 10.9. The second-order valence-corrected chi connectivity index (χ2v) is 5.91. The van der Waals surface area contributed by atoms with Crippen molar-refractivity contribution in [2.45, 2.75) is 31.7 Å². The van der Waals surface area contributed by atoms with E-state index in [9.17, 15) is 5.11 Å². The van der Waals surface area contributed by atoms with Crippen LogP contribution in [0.1, 0.15) is 29.9 Å². The minimum absolute atomic E-state index is 0.142. The van der Waals surface area contributed by atoms with Gasteiger partial charge in [-0.25, -0.2) is 4.98 Å². The number of furan rings is 1. The van der Waals surface area contributed by atoms with E-state index in [-0.39, 0.29) is 12.6 Å². The molecule has 1 fully saturated rings. The summed E-state index contributed by atoms with van der Waals surface area (Å²) in [6, 6.07) is 3.33. The summed E-state index contributed by atoms with van der Waals surface area (Å²) in [6.07, 6.45) is 4.71. The molecule has 9 heteroatoms. The molecule has 0 radical (unpaired) electrons. The Balaban J connectivity index is 1.54. The Labute approximate surface area is 142 Å². The molecule has 0 unspecified atom stereocenters. The van der Waals surface area contributed by atoms with Gasteiger partial charge in [0.15, 0.2) is 0 Å². The van der Waals surface area contributed by atoms with E-state index in [1.165, 1.54) is 0 Å². The minimum atomic E-state index is -0.482. The Morgan fingerprint density at radius 3 is 2.88 bits per heavy atom. The molecule has 0 saturated carbocycles. The van der Waals surface area contributed by atoms with Crippen molar-refractivity contribution < 1.29 is 19.2 Å². The van der Waals surface area contributed by atoms with E-state index in [0.29, 0.717) is 48.4 Å². The predicted molar refractivity (Wildman–Crippen MR) is 83.7 cm³/mol. The summed E-state index contributed by atoms with van der Waals surface area (Å²) in [7, 11) is 0. The maximum atomic E-state index is 10.1. The molecule has 0 aliphatic carbocycles. The number of nitrogens with zero attached hydrogens (tertiary/aromatic N) is 5. The van der Waals surface area contributed by atoms with Gasteiger partial charge in [-0.2, -0.15) is 4.98 Å². The normalized spacial score (nSPS) is 21.0. The quantitative estimate of drug-likeness (QED) is 0.696.